The third-order valence-electron chi connectivity index (χ3n) is 2.85. The van der Waals surface area contributed by atoms with Crippen LogP contribution in [0.3, 0.4) is 0 Å². The zero-order valence-corrected chi connectivity index (χ0v) is 14.2. The summed E-state index contributed by atoms with van der Waals surface area (Å²) in [6.07, 6.45) is -0.720. The molecule has 1 atom stereocenters. The molecule has 0 aliphatic rings. The maximum absolute atomic E-state index is 11.8. The van der Waals surface area contributed by atoms with E-state index in [-0.39, 0.29) is 26.4 Å². The van der Waals surface area contributed by atoms with Gasteiger partial charge in [0.05, 0.1) is 33.0 Å². The highest BCUT2D eigenvalue weighted by Crippen LogP contribution is 2.22. The Morgan fingerprint density at radius 1 is 1.17 bits per heavy atom. The van der Waals surface area contributed by atoms with E-state index in [1.165, 1.54) is 0 Å². The van der Waals surface area contributed by atoms with Crippen LogP contribution < -0.4 is 4.74 Å². The summed E-state index contributed by atoms with van der Waals surface area (Å²) in [5.74, 6) is 0.135. The third kappa shape index (κ3) is 8.18. The van der Waals surface area contributed by atoms with Gasteiger partial charge >= 0.3 is 5.97 Å². The fourth-order valence-electron chi connectivity index (χ4n) is 1.69. The standard InChI is InChI=1S/C16H23ClO6/c1-12-11-14(17)3-4-15(12)23-13(2)16(19)22-10-9-21-8-7-20-6-5-18/h3-4,11,13,18H,5-10H2,1-2H3. The molecule has 130 valence electrons. The highest BCUT2D eigenvalue weighted by atomic mass is 35.5. The number of aliphatic hydroxyl groups excluding tert-OH is 1. The van der Waals surface area contributed by atoms with Crippen molar-refractivity contribution in [3.8, 4) is 5.75 Å². The summed E-state index contributed by atoms with van der Waals surface area (Å²) in [5.41, 5.74) is 0.850. The Morgan fingerprint density at radius 2 is 1.83 bits per heavy atom. The molecule has 1 aromatic carbocycles. The van der Waals surface area contributed by atoms with Crippen LogP contribution in [0.4, 0.5) is 0 Å². The summed E-state index contributed by atoms with van der Waals surface area (Å²) in [6, 6.07) is 5.19. The largest absolute Gasteiger partial charge is 0.479 e. The molecule has 0 spiro atoms. The highest BCUT2D eigenvalue weighted by Gasteiger charge is 2.17. The maximum atomic E-state index is 11.8. The molecule has 7 heteroatoms. The Morgan fingerprint density at radius 3 is 2.48 bits per heavy atom. The van der Waals surface area contributed by atoms with Crippen LogP contribution in [0.1, 0.15) is 12.5 Å². The molecule has 6 nitrogen and oxygen atoms in total. The van der Waals surface area contributed by atoms with E-state index < -0.39 is 12.1 Å². The second kappa shape index (κ2) is 11.2. The summed E-state index contributed by atoms with van der Waals surface area (Å²) >= 11 is 5.87. The first kappa shape index (κ1) is 19.7. The number of esters is 1. The summed E-state index contributed by atoms with van der Waals surface area (Å²) < 4.78 is 20.9. The topological polar surface area (TPSA) is 74.2 Å². The van der Waals surface area contributed by atoms with E-state index in [9.17, 15) is 4.79 Å². The van der Waals surface area contributed by atoms with Crippen molar-refractivity contribution in [2.24, 2.45) is 0 Å². The number of halogens is 1. The second-order valence-electron chi connectivity index (χ2n) is 4.79. The average molecular weight is 347 g/mol. The minimum absolute atomic E-state index is 0.0113. The summed E-state index contributed by atoms with van der Waals surface area (Å²) in [4.78, 5) is 11.8. The average Bonchev–Trinajstić information content (AvgIpc) is 2.52. The minimum atomic E-state index is -0.720. The van der Waals surface area contributed by atoms with Crippen molar-refractivity contribution in [3.63, 3.8) is 0 Å². The minimum Gasteiger partial charge on any atom is -0.479 e. The Hall–Kier alpha value is -1.34. The van der Waals surface area contributed by atoms with Crippen LogP contribution in [-0.2, 0) is 19.0 Å². The van der Waals surface area contributed by atoms with Gasteiger partial charge in [0.2, 0.25) is 0 Å². The number of aliphatic hydroxyl groups is 1. The van der Waals surface area contributed by atoms with Crippen LogP contribution in [0.2, 0.25) is 5.02 Å². The van der Waals surface area contributed by atoms with E-state index in [4.69, 9.17) is 35.7 Å². The van der Waals surface area contributed by atoms with Crippen molar-refractivity contribution in [2.75, 3.05) is 39.6 Å². The number of benzene rings is 1. The van der Waals surface area contributed by atoms with Crippen LogP contribution in [-0.4, -0.2) is 56.8 Å². The molecular formula is C16H23ClO6. The van der Waals surface area contributed by atoms with Gasteiger partial charge in [-0.15, -0.1) is 0 Å². The van der Waals surface area contributed by atoms with Gasteiger partial charge in [-0.25, -0.2) is 4.79 Å². The molecule has 0 aliphatic heterocycles. The van der Waals surface area contributed by atoms with Crippen LogP contribution >= 0.6 is 11.6 Å². The lowest BCUT2D eigenvalue weighted by Gasteiger charge is -2.15. The first-order valence-corrected chi connectivity index (χ1v) is 7.78. The van der Waals surface area contributed by atoms with E-state index in [0.29, 0.717) is 24.0 Å². The molecule has 0 aliphatic carbocycles. The smallest absolute Gasteiger partial charge is 0.347 e. The van der Waals surface area contributed by atoms with E-state index >= 15 is 0 Å². The molecule has 1 unspecified atom stereocenters. The Labute approximate surface area is 141 Å². The summed E-state index contributed by atoms with van der Waals surface area (Å²) in [5, 5.41) is 9.13. The molecule has 0 fully saturated rings. The molecule has 0 bridgehead atoms. The lowest BCUT2D eigenvalue weighted by Crippen LogP contribution is -2.27. The highest BCUT2D eigenvalue weighted by molar-refractivity contribution is 6.30. The van der Waals surface area contributed by atoms with Crippen molar-refractivity contribution in [1.82, 2.24) is 0 Å². The Balaban J connectivity index is 2.19. The maximum Gasteiger partial charge on any atom is 0.347 e. The number of hydrogen-bond donors (Lipinski definition) is 1. The van der Waals surface area contributed by atoms with Crippen molar-refractivity contribution in [1.29, 1.82) is 0 Å². The number of aryl methyl sites for hydroxylation is 1. The van der Waals surface area contributed by atoms with Gasteiger partial charge in [0.25, 0.3) is 0 Å². The number of carbonyl (C=O) groups is 1. The molecular weight excluding hydrogens is 324 g/mol. The molecule has 0 radical (unpaired) electrons. The van der Waals surface area contributed by atoms with Crippen LogP contribution in [0.25, 0.3) is 0 Å². The molecule has 1 rings (SSSR count). The zero-order valence-electron chi connectivity index (χ0n) is 13.4. The number of carbonyl (C=O) groups excluding carboxylic acids is 1. The molecule has 0 aromatic heterocycles. The quantitative estimate of drug-likeness (QED) is 0.488. The van der Waals surface area contributed by atoms with Crippen LogP contribution in [0.15, 0.2) is 18.2 Å². The molecule has 1 N–H and O–H groups in total. The summed E-state index contributed by atoms with van der Waals surface area (Å²) in [7, 11) is 0. The van der Waals surface area contributed by atoms with Gasteiger partial charge in [-0.3, -0.25) is 0 Å². The van der Waals surface area contributed by atoms with E-state index in [1.807, 2.05) is 6.92 Å². The SMILES string of the molecule is Cc1cc(Cl)ccc1OC(C)C(=O)OCCOCCOCCO. The second-order valence-corrected chi connectivity index (χ2v) is 5.22. The molecule has 0 saturated heterocycles. The fourth-order valence-corrected chi connectivity index (χ4v) is 1.92. The summed E-state index contributed by atoms with van der Waals surface area (Å²) in [6.45, 7) is 4.95. The normalized spacial score (nSPS) is 12.0. The predicted octanol–water partition coefficient (Wildman–Crippen LogP) is 1.98. The van der Waals surface area contributed by atoms with E-state index in [0.717, 1.165) is 5.56 Å². The Kier molecular flexibility index (Phi) is 9.63. The molecule has 1 aromatic rings. The number of hydrogen-bond acceptors (Lipinski definition) is 6. The molecule has 23 heavy (non-hydrogen) atoms. The van der Waals surface area contributed by atoms with Crippen molar-refractivity contribution < 1.29 is 28.8 Å². The van der Waals surface area contributed by atoms with Gasteiger partial charge in [-0.2, -0.15) is 0 Å². The van der Waals surface area contributed by atoms with Gasteiger partial charge in [-0.05, 0) is 37.6 Å². The van der Waals surface area contributed by atoms with Gasteiger partial charge < -0.3 is 24.1 Å². The van der Waals surface area contributed by atoms with Gasteiger partial charge in [-0.1, -0.05) is 11.6 Å². The monoisotopic (exact) mass is 346 g/mol. The zero-order chi connectivity index (χ0) is 17.1. The van der Waals surface area contributed by atoms with Crippen molar-refractivity contribution in [3.05, 3.63) is 28.8 Å². The van der Waals surface area contributed by atoms with Gasteiger partial charge in [0, 0.05) is 5.02 Å². The van der Waals surface area contributed by atoms with E-state index in [1.54, 1.807) is 25.1 Å². The lowest BCUT2D eigenvalue weighted by atomic mass is 10.2. The molecule has 0 saturated carbocycles. The van der Waals surface area contributed by atoms with Gasteiger partial charge in [0.1, 0.15) is 12.4 Å². The number of rotatable bonds is 11. The van der Waals surface area contributed by atoms with Gasteiger partial charge in [0.15, 0.2) is 6.10 Å². The molecule has 0 heterocycles. The van der Waals surface area contributed by atoms with Crippen molar-refractivity contribution >= 4 is 17.6 Å². The first-order valence-electron chi connectivity index (χ1n) is 7.40. The number of ether oxygens (including phenoxy) is 4. The predicted molar refractivity (Wildman–Crippen MR) is 86.0 cm³/mol. The fraction of sp³-hybridized carbons (Fsp3) is 0.562. The lowest BCUT2D eigenvalue weighted by molar-refractivity contribution is -0.152. The Bertz CT molecular complexity index is 480. The van der Waals surface area contributed by atoms with E-state index in [2.05, 4.69) is 0 Å². The van der Waals surface area contributed by atoms with Crippen LogP contribution in [0, 0.1) is 6.92 Å². The first-order chi connectivity index (χ1) is 11.0. The molecule has 0 amide bonds. The third-order valence-corrected chi connectivity index (χ3v) is 3.09. The van der Waals surface area contributed by atoms with Crippen molar-refractivity contribution in [2.45, 2.75) is 20.0 Å². The van der Waals surface area contributed by atoms with Crippen LogP contribution in [0.5, 0.6) is 5.75 Å².